The van der Waals surface area contributed by atoms with Crippen LogP contribution in [-0.2, 0) is 6.42 Å². The lowest BCUT2D eigenvalue weighted by Gasteiger charge is -2.03. The van der Waals surface area contributed by atoms with Crippen molar-refractivity contribution in [1.82, 2.24) is 20.2 Å². The van der Waals surface area contributed by atoms with Crippen molar-refractivity contribution in [2.75, 3.05) is 5.43 Å². The normalized spacial score (nSPS) is 10.9. The van der Waals surface area contributed by atoms with Gasteiger partial charge in [-0.3, -0.25) is 25.7 Å². The minimum Gasteiger partial charge on any atom is -0.272 e. The van der Waals surface area contributed by atoms with Gasteiger partial charge in [-0.1, -0.05) is 0 Å². The number of tetrazole rings is 1. The molecule has 0 aliphatic rings. The first kappa shape index (κ1) is 18.5. The zero-order valence-corrected chi connectivity index (χ0v) is 14.0. The number of nitrogens with zero attached hydrogens (tertiary/aromatic N) is 7. The van der Waals surface area contributed by atoms with E-state index in [1.54, 1.807) is 0 Å². The number of nitro benzene ring substituents is 2. The second kappa shape index (κ2) is 7.94. The number of aromatic nitrogens is 4. The molecule has 1 heterocycles. The molecule has 28 heavy (non-hydrogen) atoms. The Morgan fingerprint density at radius 3 is 2.57 bits per heavy atom. The van der Waals surface area contributed by atoms with Crippen molar-refractivity contribution in [3.63, 3.8) is 0 Å². The molecule has 3 rings (SSSR count). The van der Waals surface area contributed by atoms with Crippen LogP contribution in [0.15, 0.2) is 47.6 Å². The van der Waals surface area contributed by atoms with Crippen LogP contribution in [0, 0.1) is 26.0 Å². The molecule has 142 valence electrons. The van der Waals surface area contributed by atoms with Gasteiger partial charge in [0, 0.05) is 18.7 Å². The summed E-state index contributed by atoms with van der Waals surface area (Å²) in [5, 5.41) is 36.9. The molecule has 1 N–H and O–H groups in total. The fourth-order valence-corrected chi connectivity index (χ4v) is 2.24. The van der Waals surface area contributed by atoms with Gasteiger partial charge in [-0.2, -0.15) is 9.78 Å². The van der Waals surface area contributed by atoms with Gasteiger partial charge in [-0.25, -0.2) is 4.39 Å². The lowest BCUT2D eigenvalue weighted by molar-refractivity contribution is -0.393. The first-order valence-electron chi connectivity index (χ1n) is 7.69. The van der Waals surface area contributed by atoms with E-state index in [9.17, 15) is 24.6 Å². The fraction of sp³-hybridized carbons (Fsp3) is 0.0667. The second-order valence-electron chi connectivity index (χ2n) is 5.33. The number of rotatable bonds is 7. The molecular formula is C15H11FN8O4. The molecule has 0 spiro atoms. The third-order valence-electron chi connectivity index (χ3n) is 3.54. The van der Waals surface area contributed by atoms with Gasteiger partial charge in [0.25, 0.3) is 5.69 Å². The summed E-state index contributed by atoms with van der Waals surface area (Å²) in [4.78, 5) is 20.3. The van der Waals surface area contributed by atoms with Crippen molar-refractivity contribution < 1.29 is 14.2 Å². The van der Waals surface area contributed by atoms with Gasteiger partial charge in [0.1, 0.15) is 11.5 Å². The van der Waals surface area contributed by atoms with E-state index in [0.29, 0.717) is 11.5 Å². The number of nitrogens with one attached hydrogen (secondary N) is 1. The number of nitro groups is 2. The predicted octanol–water partition coefficient (Wildman–Crippen LogP) is 2.26. The molecule has 13 heteroatoms. The maximum atomic E-state index is 13.0. The quantitative estimate of drug-likeness (QED) is 0.368. The lowest BCUT2D eigenvalue weighted by Crippen LogP contribution is -2.05. The van der Waals surface area contributed by atoms with Crippen LogP contribution in [0.1, 0.15) is 5.82 Å². The number of anilines is 1. The highest BCUT2D eigenvalue weighted by molar-refractivity contribution is 5.68. The first-order chi connectivity index (χ1) is 13.5. The summed E-state index contributed by atoms with van der Waals surface area (Å²) in [5.41, 5.74) is 2.12. The number of non-ortho nitro benzene ring substituents is 1. The summed E-state index contributed by atoms with van der Waals surface area (Å²) in [6, 6.07) is 8.70. The van der Waals surface area contributed by atoms with Crippen molar-refractivity contribution in [2.24, 2.45) is 5.10 Å². The number of benzene rings is 2. The number of hydrogen-bond acceptors (Lipinski definition) is 9. The molecular weight excluding hydrogens is 375 g/mol. The van der Waals surface area contributed by atoms with Gasteiger partial charge in [0.15, 0.2) is 5.82 Å². The molecule has 0 radical (unpaired) electrons. The van der Waals surface area contributed by atoms with Crippen molar-refractivity contribution >= 4 is 23.3 Å². The average Bonchev–Trinajstić information content (AvgIpc) is 3.14. The minimum atomic E-state index is -0.750. The lowest BCUT2D eigenvalue weighted by atomic mass is 10.2. The van der Waals surface area contributed by atoms with Crippen molar-refractivity contribution in [3.05, 3.63) is 74.3 Å². The molecule has 3 aromatic rings. The van der Waals surface area contributed by atoms with Crippen molar-refractivity contribution in [1.29, 1.82) is 0 Å². The second-order valence-corrected chi connectivity index (χ2v) is 5.33. The van der Waals surface area contributed by atoms with Crippen LogP contribution in [0.5, 0.6) is 0 Å². The molecule has 0 aliphatic carbocycles. The van der Waals surface area contributed by atoms with Crippen LogP contribution < -0.4 is 5.43 Å². The van der Waals surface area contributed by atoms with Gasteiger partial charge in [-0.05, 0) is 40.8 Å². The Morgan fingerprint density at radius 1 is 1.14 bits per heavy atom. The highest BCUT2D eigenvalue weighted by Gasteiger charge is 2.19. The summed E-state index contributed by atoms with van der Waals surface area (Å²) in [7, 11) is 0. The molecule has 0 amide bonds. The van der Waals surface area contributed by atoms with Crippen molar-refractivity contribution in [2.45, 2.75) is 6.42 Å². The van der Waals surface area contributed by atoms with Crippen LogP contribution in [0.4, 0.5) is 21.5 Å². The van der Waals surface area contributed by atoms with E-state index >= 15 is 0 Å². The van der Waals surface area contributed by atoms with E-state index in [1.807, 2.05) is 0 Å². The molecule has 0 atom stereocenters. The molecule has 0 fully saturated rings. The Hall–Kier alpha value is -4.29. The Labute approximate surface area is 155 Å². The van der Waals surface area contributed by atoms with Gasteiger partial charge in [0.05, 0.1) is 21.6 Å². The highest BCUT2D eigenvalue weighted by atomic mass is 19.1. The smallest absolute Gasteiger partial charge is 0.272 e. The SMILES string of the molecule is O=[N+]([O-])c1ccc(NN=CCc2nnnn2-c2ccc(F)cc2)c([N+](=O)[O-])c1. The number of halogens is 1. The Kier molecular flexibility index (Phi) is 5.25. The fourth-order valence-electron chi connectivity index (χ4n) is 2.24. The third-order valence-corrected chi connectivity index (χ3v) is 3.54. The van der Waals surface area contributed by atoms with E-state index in [4.69, 9.17) is 0 Å². The van der Waals surface area contributed by atoms with Crippen LogP contribution in [0.3, 0.4) is 0 Å². The first-order valence-corrected chi connectivity index (χ1v) is 7.69. The minimum absolute atomic E-state index is 0.00928. The van der Waals surface area contributed by atoms with Crippen molar-refractivity contribution in [3.8, 4) is 5.69 Å². The zero-order valence-electron chi connectivity index (χ0n) is 14.0. The summed E-state index contributed by atoms with van der Waals surface area (Å²) in [5.74, 6) is 0.00388. The van der Waals surface area contributed by atoms with E-state index < -0.39 is 27.0 Å². The molecule has 0 saturated heterocycles. The third kappa shape index (κ3) is 4.09. The zero-order chi connectivity index (χ0) is 20.1. The monoisotopic (exact) mass is 386 g/mol. The van der Waals surface area contributed by atoms with Gasteiger partial charge in [0.2, 0.25) is 0 Å². The molecule has 12 nitrogen and oxygen atoms in total. The van der Waals surface area contributed by atoms with E-state index in [0.717, 1.165) is 12.1 Å². The van der Waals surface area contributed by atoms with E-state index in [-0.39, 0.29) is 12.1 Å². The molecule has 0 unspecified atom stereocenters. The highest BCUT2D eigenvalue weighted by Crippen LogP contribution is 2.28. The van der Waals surface area contributed by atoms with E-state index in [1.165, 1.54) is 41.2 Å². The Bertz CT molecular complexity index is 1050. The molecule has 0 aliphatic heterocycles. The van der Waals surface area contributed by atoms with Crippen LogP contribution in [-0.4, -0.2) is 36.3 Å². The molecule has 1 aromatic heterocycles. The molecule has 2 aromatic carbocycles. The summed E-state index contributed by atoms with van der Waals surface area (Å²) < 4.78 is 14.4. The van der Waals surface area contributed by atoms with E-state index in [2.05, 4.69) is 26.1 Å². The number of hydrazone groups is 1. The summed E-state index contributed by atoms with van der Waals surface area (Å²) >= 11 is 0. The number of hydrogen-bond donors (Lipinski definition) is 1. The largest absolute Gasteiger partial charge is 0.301 e. The molecule has 0 bridgehead atoms. The van der Waals surface area contributed by atoms with Crippen LogP contribution >= 0.6 is 0 Å². The van der Waals surface area contributed by atoms with Crippen LogP contribution in [0.2, 0.25) is 0 Å². The van der Waals surface area contributed by atoms with Gasteiger partial charge >= 0.3 is 5.69 Å². The maximum Gasteiger partial charge on any atom is 0.301 e. The Morgan fingerprint density at radius 2 is 1.89 bits per heavy atom. The maximum absolute atomic E-state index is 13.0. The standard InChI is InChI=1S/C15H11FN8O4/c16-10-1-3-11(4-2-10)22-15(19-20-21-22)7-8-17-18-13-6-5-12(23(25)26)9-14(13)24(27)28/h1-6,8-9,18H,7H2. The predicted molar refractivity (Wildman–Crippen MR) is 94.7 cm³/mol. The average molecular weight is 386 g/mol. The Balaban J connectivity index is 1.72. The summed E-state index contributed by atoms with van der Waals surface area (Å²) in [6.07, 6.45) is 1.54. The topological polar surface area (TPSA) is 154 Å². The molecule has 0 saturated carbocycles. The van der Waals surface area contributed by atoms with Gasteiger partial charge < -0.3 is 0 Å². The van der Waals surface area contributed by atoms with Crippen LogP contribution in [0.25, 0.3) is 5.69 Å². The van der Waals surface area contributed by atoms with Gasteiger partial charge in [-0.15, -0.1) is 5.10 Å². The summed E-state index contributed by atoms with van der Waals surface area (Å²) in [6.45, 7) is 0.